The average Bonchev–Trinajstić information content (AvgIpc) is 3.77. The van der Waals surface area contributed by atoms with Gasteiger partial charge in [-0.3, -0.25) is 14.2 Å². The number of nitrogens with two attached hydrogens (primary N) is 2. The standard InChI is InChI=1S/C23H19N7.C8H7NO3/c24-21-18(6-2-11-25-21)22-27-19-9-10-20(29-13-3-12-26-29)28-23(19)30(22)17-8-7-15-4-1-5-16(15)14-17;9-8(12)5-1-2-7(11)6(3-5)4-10/h2-3,6-14H,1,4-5H2,(H2,24,25);1-4,11H,(H2,9,12). The van der Waals surface area contributed by atoms with Crippen LogP contribution in [0.2, 0.25) is 0 Å². The van der Waals surface area contributed by atoms with E-state index in [1.165, 1.54) is 35.7 Å². The third-order valence-electron chi connectivity index (χ3n) is 7.09. The number of carbonyl (C=O) groups is 2. The lowest BCUT2D eigenvalue weighted by Gasteiger charge is -2.12. The Morgan fingerprint density at radius 3 is 2.57 bits per heavy atom. The molecule has 11 nitrogen and oxygen atoms in total. The van der Waals surface area contributed by atoms with Crippen LogP contribution in [0, 0.1) is 0 Å². The van der Waals surface area contributed by atoms with Gasteiger partial charge in [-0.2, -0.15) is 5.10 Å². The number of hydrogen-bond acceptors (Lipinski definition) is 8. The molecule has 0 atom stereocenters. The van der Waals surface area contributed by atoms with Crippen molar-refractivity contribution in [3.05, 3.63) is 108 Å². The first-order chi connectivity index (χ1) is 20.4. The summed E-state index contributed by atoms with van der Waals surface area (Å²) in [4.78, 5) is 35.0. The molecule has 0 bridgehead atoms. The molecule has 0 saturated heterocycles. The number of phenolic OH excluding ortho intramolecular Hbond substituents is 1. The third kappa shape index (κ3) is 4.94. The number of aromatic nitrogens is 6. The lowest BCUT2D eigenvalue weighted by molar-refractivity contribution is 0.1000. The molecule has 42 heavy (non-hydrogen) atoms. The zero-order valence-electron chi connectivity index (χ0n) is 22.4. The normalized spacial score (nSPS) is 12.0. The van der Waals surface area contributed by atoms with Crippen LogP contribution in [0.5, 0.6) is 5.75 Å². The topological polar surface area (TPSA) is 168 Å². The van der Waals surface area contributed by atoms with Gasteiger partial charge < -0.3 is 16.6 Å². The first kappa shape index (κ1) is 26.4. The molecule has 0 fully saturated rings. The fourth-order valence-corrected chi connectivity index (χ4v) is 5.01. The van der Waals surface area contributed by atoms with Gasteiger partial charge in [-0.1, -0.05) is 6.07 Å². The molecule has 7 rings (SSSR count). The van der Waals surface area contributed by atoms with Gasteiger partial charge in [-0.15, -0.1) is 0 Å². The van der Waals surface area contributed by atoms with Crippen LogP contribution in [0.3, 0.4) is 0 Å². The van der Waals surface area contributed by atoms with Crippen molar-refractivity contribution in [3.63, 3.8) is 0 Å². The highest BCUT2D eigenvalue weighted by Crippen LogP contribution is 2.32. The molecule has 208 valence electrons. The highest BCUT2D eigenvalue weighted by molar-refractivity contribution is 5.95. The summed E-state index contributed by atoms with van der Waals surface area (Å²) in [7, 11) is 0. The number of phenols is 1. The summed E-state index contributed by atoms with van der Waals surface area (Å²) in [5.41, 5.74) is 17.6. The molecule has 0 spiro atoms. The number of aldehydes is 1. The fourth-order valence-electron chi connectivity index (χ4n) is 5.01. The Labute approximate surface area is 240 Å². The zero-order chi connectivity index (χ0) is 29.2. The number of hydrogen-bond donors (Lipinski definition) is 3. The van der Waals surface area contributed by atoms with E-state index in [9.17, 15) is 9.59 Å². The second-order valence-corrected chi connectivity index (χ2v) is 9.73. The minimum Gasteiger partial charge on any atom is -0.507 e. The van der Waals surface area contributed by atoms with Crippen LogP contribution in [-0.2, 0) is 12.8 Å². The number of nitrogens with zero attached hydrogens (tertiary/aromatic N) is 6. The summed E-state index contributed by atoms with van der Waals surface area (Å²) >= 11 is 0. The van der Waals surface area contributed by atoms with Crippen molar-refractivity contribution in [2.24, 2.45) is 5.73 Å². The summed E-state index contributed by atoms with van der Waals surface area (Å²) in [6.45, 7) is 0. The Balaban J connectivity index is 0.000000223. The molecule has 2 aromatic carbocycles. The van der Waals surface area contributed by atoms with Crippen LogP contribution in [0.25, 0.3) is 34.1 Å². The van der Waals surface area contributed by atoms with Crippen LogP contribution in [-0.4, -0.2) is 46.6 Å². The number of anilines is 1. The molecule has 6 aromatic rings. The van der Waals surface area contributed by atoms with Gasteiger partial charge in [0.05, 0.1) is 11.1 Å². The maximum absolute atomic E-state index is 10.6. The van der Waals surface area contributed by atoms with Crippen LogP contribution in [0.1, 0.15) is 38.3 Å². The van der Waals surface area contributed by atoms with Gasteiger partial charge in [0.15, 0.2) is 23.6 Å². The van der Waals surface area contributed by atoms with Crippen molar-refractivity contribution in [3.8, 4) is 28.6 Å². The predicted molar refractivity (Wildman–Crippen MR) is 158 cm³/mol. The van der Waals surface area contributed by atoms with Crippen LogP contribution >= 0.6 is 0 Å². The molecule has 0 aliphatic heterocycles. The number of aryl methyl sites for hydroxylation is 2. The molecule has 0 unspecified atom stereocenters. The minimum absolute atomic E-state index is 0.0614. The van der Waals surface area contributed by atoms with E-state index in [-0.39, 0.29) is 16.9 Å². The van der Waals surface area contributed by atoms with Crippen molar-refractivity contribution in [2.75, 3.05) is 5.73 Å². The molecule has 11 heteroatoms. The van der Waals surface area contributed by atoms with E-state index in [0.717, 1.165) is 46.9 Å². The summed E-state index contributed by atoms with van der Waals surface area (Å²) < 4.78 is 3.83. The van der Waals surface area contributed by atoms with Crippen molar-refractivity contribution in [1.82, 2.24) is 29.3 Å². The van der Waals surface area contributed by atoms with Gasteiger partial charge in [0, 0.05) is 29.8 Å². The van der Waals surface area contributed by atoms with E-state index in [4.69, 9.17) is 26.5 Å². The molecule has 1 aliphatic carbocycles. The number of rotatable bonds is 5. The number of primary amides is 1. The van der Waals surface area contributed by atoms with E-state index in [2.05, 4.69) is 32.8 Å². The molecule has 1 aliphatic rings. The fraction of sp³-hybridized carbons (Fsp3) is 0.0968. The second kappa shape index (κ2) is 11.0. The lowest BCUT2D eigenvalue weighted by atomic mass is 10.1. The maximum Gasteiger partial charge on any atom is 0.248 e. The number of imidazole rings is 1. The summed E-state index contributed by atoms with van der Waals surface area (Å²) in [6, 6.07) is 20.1. The van der Waals surface area contributed by atoms with Gasteiger partial charge in [-0.05, 0) is 91.1 Å². The number of nitrogen functional groups attached to an aromatic ring is 1. The Kier molecular flexibility index (Phi) is 6.89. The Bertz CT molecular complexity index is 1950. The summed E-state index contributed by atoms with van der Waals surface area (Å²) in [5.74, 6) is 1.13. The van der Waals surface area contributed by atoms with Crippen LogP contribution < -0.4 is 11.5 Å². The Hall–Kier alpha value is -5.84. The first-order valence-electron chi connectivity index (χ1n) is 13.2. The van der Waals surface area contributed by atoms with Crippen molar-refractivity contribution < 1.29 is 14.7 Å². The second-order valence-electron chi connectivity index (χ2n) is 9.73. The number of aromatic hydroxyl groups is 1. The Morgan fingerprint density at radius 1 is 0.952 bits per heavy atom. The molecule has 1 amide bonds. The summed E-state index contributed by atoms with van der Waals surface area (Å²) in [5, 5.41) is 13.3. The number of pyridine rings is 2. The van der Waals surface area contributed by atoms with E-state index >= 15 is 0 Å². The number of fused-ring (bicyclic) bond motifs is 2. The van der Waals surface area contributed by atoms with Gasteiger partial charge in [0.2, 0.25) is 5.91 Å². The van der Waals surface area contributed by atoms with Crippen molar-refractivity contribution in [1.29, 1.82) is 0 Å². The lowest BCUT2D eigenvalue weighted by Crippen LogP contribution is -2.10. The van der Waals surface area contributed by atoms with E-state index in [1.807, 2.05) is 36.5 Å². The van der Waals surface area contributed by atoms with Gasteiger partial charge in [-0.25, -0.2) is 19.6 Å². The van der Waals surface area contributed by atoms with E-state index in [0.29, 0.717) is 12.1 Å². The average molecular weight is 559 g/mol. The SMILES string of the molecule is NC(=O)c1ccc(O)c(C=O)c1.Nc1ncccc1-c1nc2ccc(-n3cccn3)nc2n1-c1ccc2c(c1)CCC2. The molecule has 0 saturated carbocycles. The molecule has 0 radical (unpaired) electrons. The molecular weight excluding hydrogens is 532 g/mol. The predicted octanol–water partition coefficient (Wildman–Crippen LogP) is 4.04. The minimum atomic E-state index is -0.627. The van der Waals surface area contributed by atoms with Crippen LogP contribution in [0.15, 0.2) is 85.3 Å². The first-order valence-corrected chi connectivity index (χ1v) is 13.2. The number of amides is 1. The molecular formula is C31H26N8O3. The number of carbonyl (C=O) groups excluding carboxylic acids is 2. The molecule has 4 aromatic heterocycles. The van der Waals surface area contributed by atoms with Gasteiger partial charge in [0.25, 0.3) is 0 Å². The van der Waals surface area contributed by atoms with Gasteiger partial charge >= 0.3 is 0 Å². The van der Waals surface area contributed by atoms with E-state index in [1.54, 1.807) is 17.1 Å². The number of benzene rings is 2. The molecule has 4 heterocycles. The van der Waals surface area contributed by atoms with Gasteiger partial charge in [0.1, 0.15) is 17.1 Å². The smallest absolute Gasteiger partial charge is 0.248 e. The zero-order valence-corrected chi connectivity index (χ0v) is 22.4. The van der Waals surface area contributed by atoms with Crippen LogP contribution in [0.4, 0.5) is 5.82 Å². The summed E-state index contributed by atoms with van der Waals surface area (Å²) in [6.07, 6.45) is 9.22. The van der Waals surface area contributed by atoms with Crippen molar-refractivity contribution >= 4 is 29.2 Å². The van der Waals surface area contributed by atoms with E-state index < -0.39 is 5.91 Å². The Morgan fingerprint density at radius 2 is 1.81 bits per heavy atom. The highest BCUT2D eigenvalue weighted by atomic mass is 16.3. The molecule has 5 N–H and O–H groups in total. The third-order valence-corrected chi connectivity index (χ3v) is 7.09. The largest absolute Gasteiger partial charge is 0.507 e. The van der Waals surface area contributed by atoms with Crippen molar-refractivity contribution in [2.45, 2.75) is 19.3 Å². The highest BCUT2D eigenvalue weighted by Gasteiger charge is 2.20. The quantitative estimate of drug-likeness (QED) is 0.266. The maximum atomic E-state index is 10.6. The monoisotopic (exact) mass is 558 g/mol.